The van der Waals surface area contributed by atoms with Gasteiger partial charge in [-0.05, 0) is 31.5 Å². The largest absolute Gasteiger partial charge is 0.334 e. The number of rotatable bonds is 4. The van der Waals surface area contributed by atoms with E-state index in [0.717, 1.165) is 10.5 Å². The highest BCUT2D eigenvalue weighted by molar-refractivity contribution is 6.45. The summed E-state index contributed by atoms with van der Waals surface area (Å²) in [6, 6.07) is 4.26. The van der Waals surface area contributed by atoms with E-state index < -0.39 is 30.3 Å². The molecule has 116 valence electrons. The highest BCUT2D eigenvalue weighted by Gasteiger charge is 2.44. The summed E-state index contributed by atoms with van der Waals surface area (Å²) in [5.74, 6) is -2.54. The number of carbonyl (C=O) groups is 4. The molecule has 7 nitrogen and oxygen atoms in total. The summed E-state index contributed by atoms with van der Waals surface area (Å²) >= 11 is 5.99. The van der Waals surface area contributed by atoms with E-state index in [1.807, 2.05) is 6.92 Å². The molecule has 0 aromatic heterocycles. The molecular formula is C14H14ClN3O4. The molecule has 1 aliphatic rings. The molecule has 0 unspecified atom stereocenters. The molecule has 8 heteroatoms. The third-order valence-corrected chi connectivity index (χ3v) is 3.46. The first-order valence-corrected chi connectivity index (χ1v) is 6.96. The lowest BCUT2D eigenvalue weighted by molar-refractivity contribution is -0.143. The summed E-state index contributed by atoms with van der Waals surface area (Å²) in [6.45, 7) is 2.96. The van der Waals surface area contributed by atoms with Gasteiger partial charge in [-0.2, -0.15) is 0 Å². The van der Waals surface area contributed by atoms with Gasteiger partial charge in [0.2, 0.25) is 5.91 Å². The third-order valence-electron chi connectivity index (χ3n) is 3.15. The number of halogens is 1. The number of urea groups is 1. The second-order valence-electron chi connectivity index (χ2n) is 4.75. The van der Waals surface area contributed by atoms with Crippen LogP contribution in [-0.4, -0.2) is 46.6 Å². The van der Waals surface area contributed by atoms with E-state index in [2.05, 4.69) is 5.32 Å². The smallest absolute Gasteiger partial charge is 0.323 e. The van der Waals surface area contributed by atoms with Gasteiger partial charge in [-0.25, -0.2) is 9.69 Å². The van der Waals surface area contributed by atoms with Gasteiger partial charge in [0.05, 0.1) is 10.7 Å². The van der Waals surface area contributed by atoms with E-state index in [1.54, 1.807) is 25.1 Å². The molecule has 2 rings (SSSR count). The maximum Gasteiger partial charge on any atom is 0.334 e. The second kappa shape index (κ2) is 6.15. The zero-order valence-corrected chi connectivity index (χ0v) is 12.8. The minimum Gasteiger partial charge on any atom is -0.323 e. The normalized spacial score (nSPS) is 14.8. The predicted octanol–water partition coefficient (Wildman–Crippen LogP) is 1.40. The Morgan fingerprint density at radius 2 is 1.82 bits per heavy atom. The molecule has 1 N–H and O–H groups in total. The number of aryl methyl sites for hydroxylation is 1. The molecule has 22 heavy (non-hydrogen) atoms. The summed E-state index contributed by atoms with van der Waals surface area (Å²) in [7, 11) is 0. The Kier molecular flexibility index (Phi) is 4.46. The monoisotopic (exact) mass is 323 g/mol. The summed E-state index contributed by atoms with van der Waals surface area (Å²) in [4.78, 5) is 48.5. The zero-order chi connectivity index (χ0) is 16.4. The van der Waals surface area contributed by atoms with Crippen molar-refractivity contribution in [1.82, 2.24) is 9.80 Å². The summed E-state index contributed by atoms with van der Waals surface area (Å²) in [5.41, 5.74) is 1.30. The molecule has 1 aromatic carbocycles. The van der Waals surface area contributed by atoms with Crippen molar-refractivity contribution in [3.8, 4) is 0 Å². The van der Waals surface area contributed by atoms with Gasteiger partial charge in [0.25, 0.3) is 0 Å². The van der Waals surface area contributed by atoms with Crippen LogP contribution in [0.5, 0.6) is 0 Å². The maximum atomic E-state index is 12.0. The number of nitrogens with one attached hydrogen (secondary N) is 1. The number of nitrogens with zero attached hydrogens (tertiary/aromatic N) is 2. The SMILES string of the molecule is CCN1C(=O)C(=O)N(CC(=O)Nc2ccc(C)cc2Cl)C1=O. The van der Waals surface area contributed by atoms with E-state index >= 15 is 0 Å². The van der Waals surface area contributed by atoms with Crippen LogP contribution in [0.15, 0.2) is 18.2 Å². The van der Waals surface area contributed by atoms with Crippen LogP contribution in [-0.2, 0) is 14.4 Å². The number of carbonyl (C=O) groups excluding carboxylic acids is 4. The fraction of sp³-hybridized carbons (Fsp3) is 0.286. The average Bonchev–Trinajstić information content (AvgIpc) is 2.66. The summed E-state index contributed by atoms with van der Waals surface area (Å²) in [5, 5.41) is 2.85. The van der Waals surface area contributed by atoms with Gasteiger partial charge in [0, 0.05) is 6.54 Å². The van der Waals surface area contributed by atoms with Crippen molar-refractivity contribution in [2.45, 2.75) is 13.8 Å². The lowest BCUT2D eigenvalue weighted by Crippen LogP contribution is -2.39. The number of amides is 5. The molecule has 0 saturated carbocycles. The number of imide groups is 2. The Balaban J connectivity index is 2.08. The van der Waals surface area contributed by atoms with Crippen LogP contribution in [0, 0.1) is 6.92 Å². The van der Waals surface area contributed by atoms with Gasteiger partial charge < -0.3 is 5.32 Å². The predicted molar refractivity (Wildman–Crippen MR) is 79.3 cm³/mol. The van der Waals surface area contributed by atoms with Crippen molar-refractivity contribution >= 4 is 41.0 Å². The summed E-state index contributed by atoms with van der Waals surface area (Å²) in [6.07, 6.45) is 0. The zero-order valence-electron chi connectivity index (χ0n) is 12.1. The Bertz CT molecular complexity index is 674. The quantitative estimate of drug-likeness (QED) is 0.670. The van der Waals surface area contributed by atoms with Crippen molar-refractivity contribution in [3.05, 3.63) is 28.8 Å². The van der Waals surface area contributed by atoms with Crippen molar-refractivity contribution < 1.29 is 19.2 Å². The van der Waals surface area contributed by atoms with Gasteiger partial charge in [0.15, 0.2) is 0 Å². The van der Waals surface area contributed by atoms with Crippen molar-refractivity contribution in [1.29, 1.82) is 0 Å². The minimum atomic E-state index is -1.00. The van der Waals surface area contributed by atoms with Gasteiger partial charge in [-0.15, -0.1) is 0 Å². The van der Waals surface area contributed by atoms with Crippen LogP contribution in [0.3, 0.4) is 0 Å². The van der Waals surface area contributed by atoms with E-state index in [4.69, 9.17) is 11.6 Å². The van der Waals surface area contributed by atoms with Crippen LogP contribution < -0.4 is 5.32 Å². The standard InChI is InChI=1S/C14H14ClN3O4/c1-3-17-12(20)13(21)18(14(17)22)7-11(19)16-10-5-4-8(2)6-9(10)15/h4-6H,3,7H2,1-2H3,(H,16,19). The molecule has 0 bridgehead atoms. The fourth-order valence-electron chi connectivity index (χ4n) is 2.02. The fourth-order valence-corrected chi connectivity index (χ4v) is 2.31. The van der Waals surface area contributed by atoms with Gasteiger partial charge in [-0.1, -0.05) is 17.7 Å². The Morgan fingerprint density at radius 3 is 2.36 bits per heavy atom. The molecule has 1 heterocycles. The number of hydrogen-bond acceptors (Lipinski definition) is 4. The molecule has 1 saturated heterocycles. The molecule has 1 aliphatic heterocycles. The second-order valence-corrected chi connectivity index (χ2v) is 5.16. The van der Waals surface area contributed by atoms with E-state index in [0.29, 0.717) is 15.6 Å². The molecule has 0 aliphatic carbocycles. The molecule has 1 aromatic rings. The van der Waals surface area contributed by atoms with Gasteiger partial charge >= 0.3 is 17.8 Å². The van der Waals surface area contributed by atoms with E-state index in [-0.39, 0.29) is 6.54 Å². The first kappa shape index (κ1) is 16.0. The number of anilines is 1. The van der Waals surface area contributed by atoms with Gasteiger partial charge in [-0.3, -0.25) is 19.3 Å². The third kappa shape index (κ3) is 2.94. The van der Waals surface area contributed by atoms with Crippen LogP contribution in [0.1, 0.15) is 12.5 Å². The highest BCUT2D eigenvalue weighted by Crippen LogP contribution is 2.22. The van der Waals surface area contributed by atoms with Crippen molar-refractivity contribution in [3.63, 3.8) is 0 Å². The average molecular weight is 324 g/mol. The summed E-state index contributed by atoms with van der Waals surface area (Å²) < 4.78 is 0. The topological polar surface area (TPSA) is 86.8 Å². The first-order valence-electron chi connectivity index (χ1n) is 6.58. The maximum absolute atomic E-state index is 12.0. The molecule has 0 atom stereocenters. The Labute approximate surface area is 131 Å². The molecule has 0 radical (unpaired) electrons. The lowest BCUT2D eigenvalue weighted by atomic mass is 10.2. The number of benzene rings is 1. The highest BCUT2D eigenvalue weighted by atomic mass is 35.5. The van der Waals surface area contributed by atoms with Crippen molar-refractivity contribution in [2.75, 3.05) is 18.4 Å². The van der Waals surface area contributed by atoms with E-state index in [1.165, 1.54) is 0 Å². The minimum absolute atomic E-state index is 0.0747. The number of likely N-dealkylation sites (N-methyl/N-ethyl adjacent to an activating group) is 1. The van der Waals surface area contributed by atoms with Crippen LogP contribution in [0.25, 0.3) is 0 Å². The van der Waals surface area contributed by atoms with Crippen LogP contribution >= 0.6 is 11.6 Å². The Hall–Kier alpha value is -2.41. The number of hydrogen-bond donors (Lipinski definition) is 1. The molecule has 5 amide bonds. The first-order chi connectivity index (χ1) is 10.3. The molecule has 0 spiro atoms. The Morgan fingerprint density at radius 1 is 1.18 bits per heavy atom. The molecular weight excluding hydrogens is 310 g/mol. The van der Waals surface area contributed by atoms with Crippen LogP contribution in [0.2, 0.25) is 5.02 Å². The lowest BCUT2D eigenvalue weighted by Gasteiger charge is -2.14. The van der Waals surface area contributed by atoms with Crippen LogP contribution in [0.4, 0.5) is 10.5 Å². The van der Waals surface area contributed by atoms with E-state index in [9.17, 15) is 19.2 Å². The van der Waals surface area contributed by atoms with Gasteiger partial charge in [0.1, 0.15) is 6.54 Å². The van der Waals surface area contributed by atoms with Crippen molar-refractivity contribution in [2.24, 2.45) is 0 Å². The molecule has 1 fully saturated rings.